The maximum atomic E-state index is 11.3. The molecule has 0 aliphatic rings. The van der Waals surface area contributed by atoms with E-state index in [2.05, 4.69) is 0 Å². The van der Waals surface area contributed by atoms with Crippen molar-refractivity contribution in [2.24, 2.45) is 0 Å². The van der Waals surface area contributed by atoms with Gasteiger partial charge >= 0.3 is 7.60 Å². The third-order valence-corrected chi connectivity index (χ3v) is 3.28. The van der Waals surface area contributed by atoms with Gasteiger partial charge in [0.2, 0.25) is 5.52 Å². The van der Waals surface area contributed by atoms with Crippen molar-refractivity contribution in [3.63, 3.8) is 0 Å². The van der Waals surface area contributed by atoms with Crippen LogP contribution >= 0.6 is 7.60 Å². The van der Waals surface area contributed by atoms with Crippen molar-refractivity contribution in [3.05, 3.63) is 35.9 Å². The molecule has 0 aliphatic carbocycles. The van der Waals surface area contributed by atoms with Gasteiger partial charge < -0.3 is 9.79 Å². The molecule has 2 N–H and O–H groups in total. The van der Waals surface area contributed by atoms with Gasteiger partial charge in [-0.1, -0.05) is 44.2 Å². The summed E-state index contributed by atoms with van der Waals surface area (Å²) in [6.45, 7) is 3.58. The van der Waals surface area contributed by atoms with Gasteiger partial charge in [0, 0.05) is 6.42 Å². The fourth-order valence-corrected chi connectivity index (χ4v) is 2.07. The molecule has 0 saturated heterocycles. The zero-order valence-electron chi connectivity index (χ0n) is 9.25. The van der Waals surface area contributed by atoms with Gasteiger partial charge in [-0.3, -0.25) is 9.36 Å². The van der Waals surface area contributed by atoms with Gasteiger partial charge in [-0.05, 0) is 11.0 Å². The molecule has 0 radical (unpaired) electrons. The average molecular weight is 242 g/mol. The van der Waals surface area contributed by atoms with E-state index in [-0.39, 0.29) is 6.42 Å². The zero-order valence-corrected chi connectivity index (χ0v) is 10.1. The smallest absolute Gasteiger partial charge is 0.319 e. The van der Waals surface area contributed by atoms with Gasteiger partial charge in [0.25, 0.3) is 0 Å². The Labute approximate surface area is 94.5 Å². The first-order valence-corrected chi connectivity index (χ1v) is 6.49. The Balaban J connectivity index is 2.89. The van der Waals surface area contributed by atoms with E-state index >= 15 is 0 Å². The van der Waals surface area contributed by atoms with Gasteiger partial charge in [0.05, 0.1) is 0 Å². The fraction of sp³-hybridized carbons (Fsp3) is 0.364. The van der Waals surface area contributed by atoms with Crippen LogP contribution < -0.4 is 0 Å². The quantitative estimate of drug-likeness (QED) is 0.792. The zero-order chi connectivity index (χ0) is 12.4. The van der Waals surface area contributed by atoms with Crippen LogP contribution in [0.1, 0.15) is 25.8 Å². The molecule has 0 bridgehead atoms. The highest BCUT2D eigenvalue weighted by Gasteiger charge is 2.33. The van der Waals surface area contributed by atoms with Crippen molar-refractivity contribution in [3.8, 4) is 0 Å². The molecule has 0 fully saturated rings. The van der Waals surface area contributed by atoms with Crippen molar-refractivity contribution in [2.45, 2.75) is 25.7 Å². The number of hydrogen-bond acceptors (Lipinski definition) is 2. The SMILES string of the molecule is CC(C)(CC(=O)P(=O)(O)O)c1ccccc1. The molecule has 5 heteroatoms. The Morgan fingerprint density at radius 1 is 1.25 bits per heavy atom. The van der Waals surface area contributed by atoms with Gasteiger partial charge in [-0.2, -0.15) is 0 Å². The summed E-state index contributed by atoms with van der Waals surface area (Å²) >= 11 is 0. The van der Waals surface area contributed by atoms with Crippen LogP contribution in [0.2, 0.25) is 0 Å². The van der Waals surface area contributed by atoms with E-state index in [1.807, 2.05) is 30.3 Å². The summed E-state index contributed by atoms with van der Waals surface area (Å²) in [5.74, 6) is 0. The van der Waals surface area contributed by atoms with E-state index in [1.165, 1.54) is 0 Å². The van der Waals surface area contributed by atoms with E-state index in [0.29, 0.717) is 0 Å². The Morgan fingerprint density at radius 3 is 2.19 bits per heavy atom. The predicted octanol–water partition coefficient (Wildman–Crippen LogP) is 2.06. The number of carbonyl (C=O) groups is 1. The molecule has 88 valence electrons. The summed E-state index contributed by atoms with van der Waals surface area (Å²) in [6, 6.07) is 9.20. The summed E-state index contributed by atoms with van der Waals surface area (Å²) < 4.78 is 10.8. The van der Waals surface area contributed by atoms with Crippen LogP contribution in [-0.4, -0.2) is 15.3 Å². The molecule has 0 unspecified atom stereocenters. The molecule has 1 aromatic rings. The minimum absolute atomic E-state index is 0.165. The van der Waals surface area contributed by atoms with E-state index in [0.717, 1.165) is 5.56 Å². The van der Waals surface area contributed by atoms with E-state index in [9.17, 15) is 9.36 Å². The topological polar surface area (TPSA) is 74.6 Å². The molecular formula is C11H15O4P. The molecule has 0 amide bonds. The molecule has 4 nitrogen and oxygen atoms in total. The summed E-state index contributed by atoms with van der Waals surface area (Å²) in [5.41, 5.74) is -0.697. The Morgan fingerprint density at radius 2 is 1.75 bits per heavy atom. The summed E-state index contributed by atoms with van der Waals surface area (Å²) in [4.78, 5) is 28.8. The minimum Gasteiger partial charge on any atom is -0.319 e. The highest BCUT2D eigenvalue weighted by Crippen LogP contribution is 2.41. The van der Waals surface area contributed by atoms with Crippen molar-refractivity contribution in [2.75, 3.05) is 0 Å². The largest absolute Gasteiger partial charge is 0.391 e. The Bertz CT molecular complexity index is 419. The van der Waals surface area contributed by atoms with Gasteiger partial charge in [-0.15, -0.1) is 0 Å². The van der Waals surface area contributed by atoms with Crippen LogP contribution in [0.4, 0.5) is 0 Å². The summed E-state index contributed by atoms with van der Waals surface area (Å²) in [5, 5.41) is 0. The lowest BCUT2D eigenvalue weighted by Gasteiger charge is -2.24. The number of rotatable bonds is 4. The Hall–Kier alpha value is -0.960. The van der Waals surface area contributed by atoms with Gasteiger partial charge in [-0.25, -0.2) is 0 Å². The van der Waals surface area contributed by atoms with Crippen LogP contribution in [0, 0.1) is 0 Å². The molecule has 16 heavy (non-hydrogen) atoms. The first-order valence-electron chi connectivity index (χ1n) is 4.88. The lowest BCUT2D eigenvalue weighted by atomic mass is 9.82. The van der Waals surface area contributed by atoms with Crippen LogP contribution in [0.3, 0.4) is 0 Å². The van der Waals surface area contributed by atoms with Crippen molar-refractivity contribution in [1.82, 2.24) is 0 Å². The second-order valence-electron chi connectivity index (χ2n) is 4.36. The second-order valence-corrected chi connectivity index (χ2v) is 5.95. The molecule has 1 aromatic carbocycles. The third-order valence-electron chi connectivity index (χ3n) is 2.47. The Kier molecular flexibility index (Phi) is 3.68. The first kappa shape index (κ1) is 13.1. The van der Waals surface area contributed by atoms with Crippen molar-refractivity contribution < 1.29 is 19.1 Å². The maximum Gasteiger partial charge on any atom is 0.391 e. The highest BCUT2D eigenvalue weighted by atomic mass is 31.2. The second kappa shape index (κ2) is 4.50. The first-order chi connectivity index (χ1) is 7.23. The molecule has 0 spiro atoms. The fourth-order valence-electron chi connectivity index (χ4n) is 1.47. The average Bonchev–Trinajstić information content (AvgIpc) is 2.17. The lowest BCUT2D eigenvalue weighted by Crippen LogP contribution is -2.21. The highest BCUT2D eigenvalue weighted by molar-refractivity contribution is 7.70. The van der Waals surface area contributed by atoms with Crippen molar-refractivity contribution >= 4 is 13.1 Å². The van der Waals surface area contributed by atoms with E-state index < -0.39 is 18.5 Å². The minimum atomic E-state index is -4.61. The molecule has 0 aromatic heterocycles. The molecule has 0 aliphatic heterocycles. The number of benzene rings is 1. The van der Waals surface area contributed by atoms with Crippen LogP contribution in [0.25, 0.3) is 0 Å². The summed E-state index contributed by atoms with van der Waals surface area (Å²) in [6.07, 6.45) is -0.165. The standard InChI is InChI=1S/C11H15O4P/c1-11(2,8-10(12)16(13,14)15)9-6-4-3-5-7-9/h3-7H,8H2,1-2H3,(H2,13,14,15). The molecular weight excluding hydrogens is 227 g/mol. The maximum absolute atomic E-state index is 11.3. The van der Waals surface area contributed by atoms with Gasteiger partial charge in [0.15, 0.2) is 0 Å². The molecule has 0 saturated carbocycles. The van der Waals surface area contributed by atoms with E-state index in [4.69, 9.17) is 9.79 Å². The van der Waals surface area contributed by atoms with E-state index in [1.54, 1.807) is 13.8 Å². The van der Waals surface area contributed by atoms with Crippen LogP contribution in [-0.2, 0) is 14.8 Å². The van der Waals surface area contributed by atoms with Crippen LogP contribution in [0.15, 0.2) is 30.3 Å². The molecule has 0 heterocycles. The lowest BCUT2D eigenvalue weighted by molar-refractivity contribution is -0.114. The monoisotopic (exact) mass is 242 g/mol. The molecule has 0 atom stereocenters. The van der Waals surface area contributed by atoms with Crippen LogP contribution in [0.5, 0.6) is 0 Å². The van der Waals surface area contributed by atoms with Crippen molar-refractivity contribution in [1.29, 1.82) is 0 Å². The number of carbonyl (C=O) groups excluding carboxylic acids is 1. The summed E-state index contributed by atoms with van der Waals surface area (Å²) in [7, 11) is -4.61. The van der Waals surface area contributed by atoms with Gasteiger partial charge in [0.1, 0.15) is 0 Å². The third kappa shape index (κ3) is 3.27. The predicted molar refractivity (Wildman–Crippen MR) is 61.1 cm³/mol. The molecule has 1 rings (SSSR count). The number of hydrogen-bond donors (Lipinski definition) is 2. The normalized spacial score (nSPS) is 12.5.